The molecule has 0 saturated heterocycles. The Balaban J connectivity index is 1.34. The van der Waals surface area contributed by atoms with E-state index in [0.29, 0.717) is 25.8 Å². The van der Waals surface area contributed by atoms with Gasteiger partial charge in [-0.2, -0.15) is 0 Å². The third kappa shape index (κ3) is 5.94. The van der Waals surface area contributed by atoms with Gasteiger partial charge < -0.3 is 20.9 Å². The molecule has 1 aliphatic rings. The second-order valence-electron chi connectivity index (χ2n) is 8.47. The van der Waals surface area contributed by atoms with Gasteiger partial charge in [-0.05, 0) is 72.0 Å². The molecule has 0 radical (unpaired) electrons. The normalized spacial score (nSPS) is 18.1. The highest BCUT2D eigenvalue weighted by Gasteiger charge is 2.23. The summed E-state index contributed by atoms with van der Waals surface area (Å²) in [7, 11) is 4.11. The van der Waals surface area contributed by atoms with Crippen molar-refractivity contribution in [1.29, 1.82) is 0 Å². The first kappa shape index (κ1) is 24.2. The van der Waals surface area contributed by atoms with Crippen molar-refractivity contribution in [2.75, 3.05) is 29.6 Å². The first-order chi connectivity index (χ1) is 15.8. The maximum atomic E-state index is 14.3. The Bertz CT molecular complexity index is 1140. The monoisotopic (exact) mass is 593 g/mol. The summed E-state index contributed by atoms with van der Waals surface area (Å²) >= 11 is 12.1. The molecule has 1 aromatic heterocycles. The number of para-hydroxylation sites is 1. The van der Waals surface area contributed by atoms with Gasteiger partial charge >= 0.3 is 0 Å². The molecule has 3 aromatic rings. The zero-order valence-electron chi connectivity index (χ0n) is 18.5. The van der Waals surface area contributed by atoms with E-state index in [0.717, 1.165) is 48.1 Å². The van der Waals surface area contributed by atoms with Crippen LogP contribution in [0.5, 0.6) is 0 Å². The predicted molar refractivity (Wildman–Crippen MR) is 147 cm³/mol. The van der Waals surface area contributed by atoms with Crippen molar-refractivity contribution in [3.63, 3.8) is 0 Å². The quantitative estimate of drug-likeness (QED) is 0.287. The van der Waals surface area contributed by atoms with E-state index in [4.69, 9.17) is 17.2 Å². The Hall–Kier alpha value is -1.97. The minimum Gasteiger partial charge on any atom is -0.377 e. The Labute approximate surface area is 215 Å². The van der Waals surface area contributed by atoms with Gasteiger partial charge in [0.25, 0.3) is 0 Å². The number of halogens is 3. The van der Waals surface area contributed by atoms with E-state index in [1.165, 1.54) is 6.07 Å². The van der Waals surface area contributed by atoms with Gasteiger partial charge in [0.05, 0.1) is 11.2 Å². The molecule has 1 fully saturated rings. The van der Waals surface area contributed by atoms with E-state index in [9.17, 15) is 4.39 Å². The van der Waals surface area contributed by atoms with Gasteiger partial charge in [-0.1, -0.05) is 34.1 Å². The molecule has 4 rings (SSSR count). The van der Waals surface area contributed by atoms with Crippen LogP contribution in [0.15, 0.2) is 51.4 Å². The van der Waals surface area contributed by atoms with Crippen LogP contribution in [0, 0.1) is 5.82 Å². The van der Waals surface area contributed by atoms with Gasteiger partial charge in [-0.3, -0.25) is 0 Å². The van der Waals surface area contributed by atoms with Crippen LogP contribution in [0.2, 0.25) is 0 Å². The first-order valence-electron chi connectivity index (χ1n) is 10.9. The van der Waals surface area contributed by atoms with Gasteiger partial charge in [-0.25, -0.2) is 9.37 Å². The SMILES string of the molecule is CN(C)c1cc(NC2CCC(NC(=S)Nc3c(F)cc(Br)cc3Br)CC2)nc2ccccc12. The maximum absolute atomic E-state index is 14.3. The topological polar surface area (TPSA) is 52.2 Å². The molecule has 9 heteroatoms. The van der Waals surface area contributed by atoms with E-state index in [1.807, 2.05) is 12.1 Å². The van der Waals surface area contributed by atoms with Gasteiger partial charge in [0.1, 0.15) is 11.6 Å². The molecule has 1 heterocycles. The summed E-state index contributed by atoms with van der Waals surface area (Å²) in [5.74, 6) is 0.537. The van der Waals surface area contributed by atoms with Crippen LogP contribution in [0.25, 0.3) is 10.9 Å². The Morgan fingerprint density at radius 2 is 1.76 bits per heavy atom. The van der Waals surface area contributed by atoms with Crippen molar-refractivity contribution in [1.82, 2.24) is 10.3 Å². The molecule has 0 bridgehead atoms. The lowest BCUT2D eigenvalue weighted by atomic mass is 9.91. The van der Waals surface area contributed by atoms with Crippen LogP contribution in [0.3, 0.4) is 0 Å². The number of hydrogen-bond donors (Lipinski definition) is 3. The summed E-state index contributed by atoms with van der Waals surface area (Å²) in [6.45, 7) is 0. The lowest BCUT2D eigenvalue weighted by Gasteiger charge is -2.31. The average molecular weight is 595 g/mol. The molecule has 0 atom stereocenters. The maximum Gasteiger partial charge on any atom is 0.171 e. The van der Waals surface area contributed by atoms with Gasteiger partial charge in [0.15, 0.2) is 5.11 Å². The molecule has 2 aromatic carbocycles. The fraction of sp³-hybridized carbons (Fsp3) is 0.333. The second kappa shape index (κ2) is 10.5. The van der Waals surface area contributed by atoms with Crippen molar-refractivity contribution in [2.24, 2.45) is 0 Å². The van der Waals surface area contributed by atoms with Crippen LogP contribution in [0.4, 0.5) is 21.6 Å². The van der Waals surface area contributed by atoms with Crippen LogP contribution < -0.4 is 20.9 Å². The fourth-order valence-electron chi connectivity index (χ4n) is 4.19. The van der Waals surface area contributed by atoms with E-state index < -0.39 is 0 Å². The second-order valence-corrected chi connectivity index (χ2v) is 10.7. The molecule has 1 saturated carbocycles. The molecule has 0 aliphatic heterocycles. The summed E-state index contributed by atoms with van der Waals surface area (Å²) in [5, 5.41) is 11.5. The van der Waals surface area contributed by atoms with Crippen LogP contribution in [-0.2, 0) is 0 Å². The third-order valence-corrected chi connectivity index (χ3v) is 7.14. The Kier molecular flexibility index (Phi) is 7.71. The number of nitrogens with one attached hydrogen (secondary N) is 3. The van der Waals surface area contributed by atoms with E-state index >= 15 is 0 Å². The summed E-state index contributed by atoms with van der Waals surface area (Å²) in [5.41, 5.74) is 2.48. The number of benzene rings is 2. The number of thiocarbonyl (C=S) groups is 1. The van der Waals surface area contributed by atoms with Gasteiger partial charge in [0, 0.05) is 52.3 Å². The van der Waals surface area contributed by atoms with Crippen molar-refractivity contribution >= 4 is 77.3 Å². The number of fused-ring (bicyclic) bond motifs is 1. The number of pyridine rings is 1. The number of anilines is 3. The lowest BCUT2D eigenvalue weighted by molar-refractivity contribution is 0.388. The summed E-state index contributed by atoms with van der Waals surface area (Å²) in [4.78, 5) is 6.94. The van der Waals surface area contributed by atoms with Crippen LogP contribution in [0.1, 0.15) is 25.7 Å². The summed E-state index contributed by atoms with van der Waals surface area (Å²) in [6, 6.07) is 14.1. The highest BCUT2D eigenvalue weighted by atomic mass is 79.9. The predicted octanol–water partition coefficient (Wildman–Crippen LogP) is 6.67. The number of aromatic nitrogens is 1. The molecule has 0 unspecified atom stereocenters. The van der Waals surface area contributed by atoms with E-state index in [-0.39, 0.29) is 11.9 Å². The number of rotatable bonds is 5. The minimum atomic E-state index is -0.367. The Morgan fingerprint density at radius 3 is 2.45 bits per heavy atom. The molecule has 5 nitrogen and oxygen atoms in total. The largest absolute Gasteiger partial charge is 0.377 e. The molecule has 174 valence electrons. The molecular formula is C24H26Br2FN5S. The zero-order valence-corrected chi connectivity index (χ0v) is 22.4. The Morgan fingerprint density at radius 1 is 1.06 bits per heavy atom. The van der Waals surface area contributed by atoms with Crippen LogP contribution in [-0.4, -0.2) is 36.3 Å². The van der Waals surface area contributed by atoms with Gasteiger partial charge in [-0.15, -0.1) is 0 Å². The molecule has 1 aliphatic carbocycles. The number of hydrogen-bond acceptors (Lipinski definition) is 4. The van der Waals surface area contributed by atoms with Gasteiger partial charge in [0.2, 0.25) is 0 Å². The van der Waals surface area contributed by atoms with Crippen molar-refractivity contribution in [3.8, 4) is 0 Å². The van der Waals surface area contributed by atoms with E-state index in [1.54, 1.807) is 6.07 Å². The summed E-state index contributed by atoms with van der Waals surface area (Å²) in [6.07, 6.45) is 3.94. The first-order valence-corrected chi connectivity index (χ1v) is 12.9. The molecule has 0 spiro atoms. The third-order valence-electron chi connectivity index (χ3n) is 5.84. The fourth-order valence-corrected chi connectivity index (χ4v) is 5.73. The standard InChI is InChI=1S/C24H26Br2FN5S/c1-32(2)21-13-22(30-20-6-4-3-5-17(20)21)28-15-7-9-16(10-8-15)29-24(33)31-23-18(26)11-14(25)12-19(23)27/h3-6,11-13,15-16H,7-10H2,1-2H3,(H,28,30)(H2,29,31,33). The lowest BCUT2D eigenvalue weighted by Crippen LogP contribution is -2.42. The molecular weight excluding hydrogens is 569 g/mol. The van der Waals surface area contributed by atoms with Crippen molar-refractivity contribution < 1.29 is 4.39 Å². The summed E-state index contributed by atoms with van der Waals surface area (Å²) < 4.78 is 15.5. The van der Waals surface area contributed by atoms with Crippen LogP contribution >= 0.6 is 44.1 Å². The number of nitrogens with zero attached hydrogens (tertiary/aromatic N) is 2. The van der Waals surface area contributed by atoms with E-state index in [2.05, 4.69) is 85.0 Å². The molecule has 33 heavy (non-hydrogen) atoms. The zero-order chi connectivity index (χ0) is 23.5. The minimum absolute atomic E-state index is 0.252. The molecule has 3 N–H and O–H groups in total. The van der Waals surface area contributed by atoms with Crippen molar-refractivity contribution in [3.05, 3.63) is 57.2 Å². The molecule has 0 amide bonds. The average Bonchev–Trinajstić information content (AvgIpc) is 2.77. The van der Waals surface area contributed by atoms with Crippen molar-refractivity contribution in [2.45, 2.75) is 37.8 Å². The highest BCUT2D eigenvalue weighted by molar-refractivity contribution is 9.11. The highest BCUT2D eigenvalue weighted by Crippen LogP contribution is 2.31. The smallest absolute Gasteiger partial charge is 0.171 e.